The predicted molar refractivity (Wildman–Crippen MR) is 81.2 cm³/mol. The third kappa shape index (κ3) is 3.40. The molecule has 2 aliphatic heterocycles. The summed E-state index contributed by atoms with van der Waals surface area (Å²) in [6, 6.07) is 2.24. The Kier molecular flexibility index (Phi) is 4.73. The highest BCUT2D eigenvalue weighted by atomic mass is 32.1. The summed E-state index contributed by atoms with van der Waals surface area (Å²) in [5, 5.41) is 14.7. The second-order valence-corrected chi connectivity index (χ2v) is 6.88. The molecule has 20 heavy (non-hydrogen) atoms. The molecular weight excluding hydrogens is 272 g/mol. The number of aliphatic hydroxyl groups excluding tert-OH is 1. The van der Waals surface area contributed by atoms with Gasteiger partial charge in [-0.25, -0.2) is 0 Å². The first kappa shape index (κ1) is 14.5. The molecule has 1 aromatic heterocycles. The number of rotatable bonds is 4. The van der Waals surface area contributed by atoms with E-state index in [4.69, 9.17) is 9.84 Å². The van der Waals surface area contributed by atoms with Gasteiger partial charge in [-0.2, -0.15) is 0 Å². The highest BCUT2D eigenvalue weighted by Gasteiger charge is 2.36. The molecule has 0 saturated carbocycles. The Morgan fingerprint density at radius 2 is 2.25 bits per heavy atom. The van der Waals surface area contributed by atoms with Gasteiger partial charge in [-0.1, -0.05) is 0 Å². The molecule has 2 aliphatic rings. The van der Waals surface area contributed by atoms with Crippen LogP contribution in [-0.2, 0) is 17.7 Å². The summed E-state index contributed by atoms with van der Waals surface area (Å²) in [6.07, 6.45) is 3.05. The van der Waals surface area contributed by atoms with Gasteiger partial charge in [-0.3, -0.25) is 4.90 Å². The summed E-state index contributed by atoms with van der Waals surface area (Å²) >= 11 is 1.76. The van der Waals surface area contributed by atoms with Gasteiger partial charge < -0.3 is 15.2 Å². The van der Waals surface area contributed by atoms with Crippen molar-refractivity contribution in [2.75, 3.05) is 39.4 Å². The van der Waals surface area contributed by atoms with Gasteiger partial charge >= 0.3 is 0 Å². The van der Waals surface area contributed by atoms with Crippen molar-refractivity contribution in [2.45, 2.75) is 31.4 Å². The molecule has 4 nitrogen and oxygen atoms in total. The molecule has 0 amide bonds. The maximum atomic E-state index is 8.97. The van der Waals surface area contributed by atoms with Crippen LogP contribution in [0.3, 0.4) is 0 Å². The molecule has 0 aromatic carbocycles. The van der Waals surface area contributed by atoms with Gasteiger partial charge in [0.25, 0.3) is 0 Å². The predicted octanol–water partition coefficient (Wildman–Crippen LogP) is 1.24. The van der Waals surface area contributed by atoms with Crippen LogP contribution >= 0.6 is 11.3 Å². The Bertz CT molecular complexity index is 419. The molecule has 1 aromatic rings. The van der Waals surface area contributed by atoms with Crippen molar-refractivity contribution in [3.05, 3.63) is 21.9 Å². The molecule has 3 rings (SSSR count). The number of likely N-dealkylation sites (tertiary alicyclic amines) is 1. The van der Waals surface area contributed by atoms with Crippen molar-refractivity contribution in [1.82, 2.24) is 10.2 Å². The molecule has 5 heteroatoms. The second kappa shape index (κ2) is 6.54. The summed E-state index contributed by atoms with van der Waals surface area (Å²) in [6.45, 7) is 6.38. The first-order chi connectivity index (χ1) is 9.80. The molecule has 3 heterocycles. The van der Waals surface area contributed by atoms with Crippen molar-refractivity contribution >= 4 is 11.3 Å². The van der Waals surface area contributed by atoms with Gasteiger partial charge in [-0.15, -0.1) is 11.3 Å². The van der Waals surface area contributed by atoms with Crippen LogP contribution in [0.25, 0.3) is 0 Å². The second-order valence-electron chi connectivity index (χ2n) is 5.88. The fourth-order valence-electron chi connectivity index (χ4n) is 3.16. The largest absolute Gasteiger partial charge is 0.396 e. The number of nitrogens with one attached hydrogen (secondary N) is 1. The Hall–Kier alpha value is -0.460. The van der Waals surface area contributed by atoms with Crippen molar-refractivity contribution in [3.8, 4) is 0 Å². The number of aliphatic hydroxyl groups is 1. The fraction of sp³-hybridized carbons (Fsp3) is 0.733. The van der Waals surface area contributed by atoms with E-state index in [1.165, 1.54) is 10.4 Å². The zero-order valence-corrected chi connectivity index (χ0v) is 12.8. The fourth-order valence-corrected chi connectivity index (χ4v) is 4.03. The van der Waals surface area contributed by atoms with Gasteiger partial charge in [0.05, 0.1) is 12.2 Å². The molecule has 2 saturated heterocycles. The Morgan fingerprint density at radius 3 is 2.95 bits per heavy atom. The smallest absolute Gasteiger partial charge is 0.0831 e. The number of thiophene rings is 1. The summed E-state index contributed by atoms with van der Waals surface area (Å²) in [5.41, 5.74) is 1.49. The molecule has 2 fully saturated rings. The lowest BCUT2D eigenvalue weighted by atomic mass is 9.90. The SMILES string of the molecule is OCCc1cc(CN2CCC3(CC2)CNCCO3)cs1. The minimum Gasteiger partial charge on any atom is -0.396 e. The lowest BCUT2D eigenvalue weighted by Crippen LogP contribution is -2.55. The zero-order valence-electron chi connectivity index (χ0n) is 11.9. The Morgan fingerprint density at radius 1 is 1.40 bits per heavy atom. The lowest BCUT2D eigenvalue weighted by molar-refractivity contribution is -0.100. The van der Waals surface area contributed by atoms with Crippen LogP contribution in [0.1, 0.15) is 23.3 Å². The molecule has 1 spiro atoms. The van der Waals surface area contributed by atoms with Crippen molar-refractivity contribution < 1.29 is 9.84 Å². The van der Waals surface area contributed by atoms with Crippen LogP contribution in [-0.4, -0.2) is 55.0 Å². The molecular formula is C15H24N2O2S. The number of hydrogen-bond acceptors (Lipinski definition) is 5. The Balaban J connectivity index is 1.50. The van der Waals surface area contributed by atoms with E-state index >= 15 is 0 Å². The van der Waals surface area contributed by atoms with E-state index in [2.05, 4.69) is 21.7 Å². The van der Waals surface area contributed by atoms with Crippen LogP contribution in [0.15, 0.2) is 11.4 Å². The van der Waals surface area contributed by atoms with E-state index in [1.807, 2.05) is 0 Å². The van der Waals surface area contributed by atoms with Gasteiger partial charge in [0.15, 0.2) is 0 Å². The van der Waals surface area contributed by atoms with E-state index in [9.17, 15) is 0 Å². The standard InChI is InChI=1S/C15H24N2O2S/c18-7-1-14-9-13(11-20-14)10-17-5-2-15(3-6-17)12-16-4-8-19-15/h9,11,16,18H,1-8,10,12H2. The Labute approximate surface area is 124 Å². The van der Waals surface area contributed by atoms with E-state index < -0.39 is 0 Å². The van der Waals surface area contributed by atoms with Gasteiger partial charge in [-0.05, 0) is 29.9 Å². The van der Waals surface area contributed by atoms with E-state index in [-0.39, 0.29) is 12.2 Å². The maximum absolute atomic E-state index is 8.97. The molecule has 112 valence electrons. The zero-order chi connectivity index (χ0) is 13.8. The average Bonchev–Trinajstić information content (AvgIpc) is 2.91. The van der Waals surface area contributed by atoms with Crippen LogP contribution < -0.4 is 5.32 Å². The summed E-state index contributed by atoms with van der Waals surface area (Å²) in [4.78, 5) is 3.81. The molecule has 2 N–H and O–H groups in total. The average molecular weight is 296 g/mol. The third-order valence-electron chi connectivity index (χ3n) is 4.37. The first-order valence-corrected chi connectivity index (χ1v) is 8.42. The normalized spacial score (nSPS) is 23.2. The molecule has 0 aliphatic carbocycles. The lowest BCUT2D eigenvalue weighted by Gasteiger charge is -2.44. The van der Waals surface area contributed by atoms with Gasteiger partial charge in [0.2, 0.25) is 0 Å². The van der Waals surface area contributed by atoms with E-state index in [1.54, 1.807) is 11.3 Å². The molecule has 0 bridgehead atoms. The number of nitrogens with zero attached hydrogens (tertiary/aromatic N) is 1. The van der Waals surface area contributed by atoms with Crippen LogP contribution in [0.5, 0.6) is 0 Å². The molecule has 0 unspecified atom stereocenters. The van der Waals surface area contributed by atoms with Crippen LogP contribution in [0.4, 0.5) is 0 Å². The van der Waals surface area contributed by atoms with Crippen LogP contribution in [0.2, 0.25) is 0 Å². The maximum Gasteiger partial charge on any atom is 0.0831 e. The van der Waals surface area contributed by atoms with E-state index in [0.29, 0.717) is 0 Å². The topological polar surface area (TPSA) is 44.7 Å². The highest BCUT2D eigenvalue weighted by Crippen LogP contribution is 2.28. The summed E-state index contributed by atoms with van der Waals surface area (Å²) < 4.78 is 6.03. The summed E-state index contributed by atoms with van der Waals surface area (Å²) in [5.74, 6) is 0. The monoisotopic (exact) mass is 296 g/mol. The molecule has 0 atom stereocenters. The number of piperidine rings is 1. The third-order valence-corrected chi connectivity index (χ3v) is 5.42. The minimum absolute atomic E-state index is 0.103. The number of ether oxygens (including phenoxy) is 1. The van der Waals surface area contributed by atoms with Crippen molar-refractivity contribution in [1.29, 1.82) is 0 Å². The first-order valence-electron chi connectivity index (χ1n) is 7.54. The van der Waals surface area contributed by atoms with Crippen LogP contribution in [0, 0.1) is 0 Å². The van der Waals surface area contributed by atoms with Crippen molar-refractivity contribution in [3.63, 3.8) is 0 Å². The quantitative estimate of drug-likeness (QED) is 0.877. The van der Waals surface area contributed by atoms with E-state index in [0.717, 1.165) is 58.6 Å². The summed E-state index contributed by atoms with van der Waals surface area (Å²) in [7, 11) is 0. The minimum atomic E-state index is 0.103. The number of hydrogen-bond donors (Lipinski definition) is 2. The highest BCUT2D eigenvalue weighted by molar-refractivity contribution is 7.10. The van der Waals surface area contributed by atoms with Gasteiger partial charge in [0, 0.05) is 50.6 Å². The van der Waals surface area contributed by atoms with Crippen molar-refractivity contribution in [2.24, 2.45) is 0 Å². The molecule has 0 radical (unpaired) electrons. The van der Waals surface area contributed by atoms with Gasteiger partial charge in [0.1, 0.15) is 0 Å². The number of morpholine rings is 1.